The van der Waals surface area contributed by atoms with Crippen LogP contribution in [0.15, 0.2) is 24.3 Å². The molecule has 19 heavy (non-hydrogen) atoms. The van der Waals surface area contributed by atoms with Gasteiger partial charge in [-0.2, -0.15) is 0 Å². The van der Waals surface area contributed by atoms with Gasteiger partial charge in [0.15, 0.2) is 0 Å². The Morgan fingerprint density at radius 3 is 2.37 bits per heavy atom. The smallest absolute Gasteiger partial charge is 0.253 e. The maximum absolute atomic E-state index is 12.8. The van der Waals surface area contributed by atoms with E-state index in [0.29, 0.717) is 25.2 Å². The SMILES string of the molecule is CC(O)CN1CCN(C(=O)c2ccc(F)cc2)CC1. The summed E-state index contributed by atoms with van der Waals surface area (Å²) in [5.41, 5.74) is 0.519. The molecule has 0 radical (unpaired) electrons. The first-order valence-electron chi connectivity index (χ1n) is 6.51. The van der Waals surface area contributed by atoms with E-state index in [-0.39, 0.29) is 17.8 Å². The second kappa shape index (κ2) is 6.12. The molecule has 1 atom stereocenters. The molecule has 1 fully saturated rings. The molecule has 104 valence electrons. The molecule has 5 heteroatoms. The molecule has 0 bridgehead atoms. The van der Waals surface area contributed by atoms with Gasteiger partial charge in [0.25, 0.3) is 5.91 Å². The summed E-state index contributed by atoms with van der Waals surface area (Å²) in [6.45, 7) is 5.20. The van der Waals surface area contributed by atoms with Crippen molar-refractivity contribution in [2.45, 2.75) is 13.0 Å². The number of β-amino-alcohol motifs (C(OH)–C–C–N with tert-alkyl or cyclic N) is 1. The molecule has 1 heterocycles. The molecule has 1 N–H and O–H groups in total. The molecule has 0 aliphatic carbocycles. The Labute approximate surface area is 112 Å². The van der Waals surface area contributed by atoms with Crippen LogP contribution in [0.3, 0.4) is 0 Å². The molecule has 1 aromatic rings. The summed E-state index contributed by atoms with van der Waals surface area (Å²) >= 11 is 0. The van der Waals surface area contributed by atoms with Gasteiger partial charge in [0, 0.05) is 38.3 Å². The van der Waals surface area contributed by atoms with E-state index in [1.807, 2.05) is 0 Å². The van der Waals surface area contributed by atoms with E-state index in [1.54, 1.807) is 11.8 Å². The van der Waals surface area contributed by atoms with Crippen molar-refractivity contribution in [1.29, 1.82) is 0 Å². The highest BCUT2D eigenvalue weighted by Gasteiger charge is 2.22. The minimum Gasteiger partial charge on any atom is -0.392 e. The molecule has 1 aliphatic heterocycles. The molecule has 1 unspecified atom stereocenters. The predicted octanol–water partition coefficient (Wildman–Crippen LogP) is 0.964. The lowest BCUT2D eigenvalue weighted by Crippen LogP contribution is -2.50. The zero-order valence-corrected chi connectivity index (χ0v) is 11.1. The summed E-state index contributed by atoms with van der Waals surface area (Å²) in [5, 5.41) is 9.33. The summed E-state index contributed by atoms with van der Waals surface area (Å²) < 4.78 is 12.8. The molecule has 0 saturated carbocycles. The Kier molecular flexibility index (Phi) is 4.50. The van der Waals surface area contributed by atoms with Gasteiger partial charge in [0.2, 0.25) is 0 Å². The molecular weight excluding hydrogens is 247 g/mol. The van der Waals surface area contributed by atoms with Gasteiger partial charge in [-0.25, -0.2) is 4.39 Å². The van der Waals surface area contributed by atoms with Crippen molar-refractivity contribution < 1.29 is 14.3 Å². The lowest BCUT2D eigenvalue weighted by Gasteiger charge is -2.35. The number of halogens is 1. The van der Waals surface area contributed by atoms with Crippen LogP contribution >= 0.6 is 0 Å². The van der Waals surface area contributed by atoms with E-state index in [0.717, 1.165) is 13.1 Å². The fourth-order valence-corrected chi connectivity index (χ4v) is 2.28. The third-order valence-corrected chi connectivity index (χ3v) is 3.27. The predicted molar refractivity (Wildman–Crippen MR) is 70.4 cm³/mol. The number of carbonyl (C=O) groups is 1. The second-order valence-electron chi connectivity index (χ2n) is 4.95. The van der Waals surface area contributed by atoms with Gasteiger partial charge < -0.3 is 10.0 Å². The molecule has 1 amide bonds. The van der Waals surface area contributed by atoms with Crippen LogP contribution < -0.4 is 0 Å². The van der Waals surface area contributed by atoms with Crippen molar-refractivity contribution in [1.82, 2.24) is 9.80 Å². The van der Waals surface area contributed by atoms with Crippen molar-refractivity contribution in [2.75, 3.05) is 32.7 Å². The number of aliphatic hydroxyl groups excluding tert-OH is 1. The van der Waals surface area contributed by atoms with Crippen molar-refractivity contribution >= 4 is 5.91 Å². The van der Waals surface area contributed by atoms with Crippen molar-refractivity contribution in [3.05, 3.63) is 35.6 Å². The normalized spacial score (nSPS) is 18.4. The van der Waals surface area contributed by atoms with E-state index >= 15 is 0 Å². The first-order chi connectivity index (χ1) is 9.06. The van der Waals surface area contributed by atoms with Gasteiger partial charge in [-0.05, 0) is 31.2 Å². The van der Waals surface area contributed by atoms with Crippen LogP contribution in [-0.4, -0.2) is 59.6 Å². The van der Waals surface area contributed by atoms with Crippen LogP contribution in [0, 0.1) is 5.82 Å². The second-order valence-corrected chi connectivity index (χ2v) is 4.95. The van der Waals surface area contributed by atoms with E-state index in [2.05, 4.69) is 4.90 Å². The minimum atomic E-state index is -0.348. The van der Waals surface area contributed by atoms with Gasteiger partial charge in [0.1, 0.15) is 5.82 Å². The van der Waals surface area contributed by atoms with Crippen LogP contribution in [0.25, 0.3) is 0 Å². The average Bonchev–Trinajstić information content (AvgIpc) is 2.39. The number of benzene rings is 1. The van der Waals surface area contributed by atoms with Gasteiger partial charge >= 0.3 is 0 Å². The van der Waals surface area contributed by atoms with Gasteiger partial charge in [-0.1, -0.05) is 0 Å². The molecule has 0 aromatic heterocycles. The highest BCUT2D eigenvalue weighted by atomic mass is 19.1. The Bertz CT molecular complexity index is 426. The number of hydrogen-bond acceptors (Lipinski definition) is 3. The Morgan fingerprint density at radius 2 is 1.84 bits per heavy atom. The maximum Gasteiger partial charge on any atom is 0.253 e. The number of nitrogens with zero attached hydrogens (tertiary/aromatic N) is 2. The monoisotopic (exact) mass is 266 g/mol. The highest BCUT2D eigenvalue weighted by Crippen LogP contribution is 2.10. The Morgan fingerprint density at radius 1 is 1.26 bits per heavy atom. The lowest BCUT2D eigenvalue weighted by atomic mass is 10.1. The fraction of sp³-hybridized carbons (Fsp3) is 0.500. The van der Waals surface area contributed by atoms with Crippen LogP contribution in [0.2, 0.25) is 0 Å². The van der Waals surface area contributed by atoms with E-state index in [9.17, 15) is 14.3 Å². The number of carbonyl (C=O) groups excluding carboxylic acids is 1. The van der Waals surface area contributed by atoms with E-state index in [1.165, 1.54) is 24.3 Å². The molecule has 4 nitrogen and oxygen atoms in total. The highest BCUT2D eigenvalue weighted by molar-refractivity contribution is 5.94. The fourth-order valence-electron chi connectivity index (χ4n) is 2.28. The van der Waals surface area contributed by atoms with Crippen LogP contribution in [-0.2, 0) is 0 Å². The van der Waals surface area contributed by atoms with Crippen molar-refractivity contribution in [2.24, 2.45) is 0 Å². The minimum absolute atomic E-state index is 0.0586. The maximum atomic E-state index is 12.8. The van der Waals surface area contributed by atoms with Crippen molar-refractivity contribution in [3.63, 3.8) is 0 Å². The van der Waals surface area contributed by atoms with Crippen LogP contribution in [0.5, 0.6) is 0 Å². The number of piperazine rings is 1. The number of hydrogen-bond donors (Lipinski definition) is 1. The summed E-state index contributed by atoms with van der Waals surface area (Å²) in [4.78, 5) is 16.1. The summed E-state index contributed by atoms with van der Waals surface area (Å²) in [5.74, 6) is -0.394. The first kappa shape index (κ1) is 14.0. The van der Waals surface area contributed by atoms with E-state index in [4.69, 9.17) is 0 Å². The molecule has 2 rings (SSSR count). The van der Waals surface area contributed by atoms with Gasteiger partial charge in [0.05, 0.1) is 6.10 Å². The van der Waals surface area contributed by atoms with Crippen LogP contribution in [0.4, 0.5) is 4.39 Å². The summed E-state index contributed by atoms with van der Waals surface area (Å²) in [6.07, 6.45) is -0.348. The van der Waals surface area contributed by atoms with Gasteiger partial charge in [-0.15, -0.1) is 0 Å². The molecule has 1 aromatic carbocycles. The zero-order chi connectivity index (χ0) is 13.8. The molecular formula is C14H19FN2O2. The molecule has 1 saturated heterocycles. The average molecular weight is 266 g/mol. The topological polar surface area (TPSA) is 43.8 Å². The summed E-state index contributed by atoms with van der Waals surface area (Å²) in [6, 6.07) is 5.63. The quantitative estimate of drug-likeness (QED) is 0.886. The number of amides is 1. The standard InChI is InChI=1S/C14H19FN2O2/c1-11(18)10-16-6-8-17(9-7-16)14(19)12-2-4-13(15)5-3-12/h2-5,11,18H,6-10H2,1H3. The van der Waals surface area contributed by atoms with Crippen LogP contribution in [0.1, 0.15) is 17.3 Å². The third-order valence-electron chi connectivity index (χ3n) is 3.27. The summed E-state index contributed by atoms with van der Waals surface area (Å²) in [7, 11) is 0. The van der Waals surface area contributed by atoms with Gasteiger partial charge in [-0.3, -0.25) is 9.69 Å². The number of rotatable bonds is 3. The first-order valence-corrected chi connectivity index (χ1v) is 6.51. The number of aliphatic hydroxyl groups is 1. The third kappa shape index (κ3) is 3.75. The lowest BCUT2D eigenvalue weighted by molar-refractivity contribution is 0.0554. The zero-order valence-electron chi connectivity index (χ0n) is 11.1. The Balaban J connectivity index is 1.90. The Hall–Kier alpha value is -1.46. The van der Waals surface area contributed by atoms with E-state index < -0.39 is 0 Å². The molecule has 0 spiro atoms. The van der Waals surface area contributed by atoms with Crippen molar-refractivity contribution in [3.8, 4) is 0 Å². The largest absolute Gasteiger partial charge is 0.392 e. The molecule has 1 aliphatic rings.